The monoisotopic (exact) mass is 257 g/mol. The number of aryl methyl sites for hydroxylation is 4. The summed E-state index contributed by atoms with van der Waals surface area (Å²) < 4.78 is 2.02. The molecule has 0 aliphatic carbocycles. The van der Waals surface area contributed by atoms with Gasteiger partial charge in [-0.15, -0.1) is 0 Å². The molecule has 0 bridgehead atoms. The van der Waals surface area contributed by atoms with E-state index in [0.717, 1.165) is 18.7 Å². The Labute approximate surface area is 115 Å². The van der Waals surface area contributed by atoms with E-state index in [1.165, 1.54) is 27.9 Å². The van der Waals surface area contributed by atoms with Crippen molar-refractivity contribution in [3.05, 3.63) is 40.7 Å². The molecule has 0 amide bonds. The summed E-state index contributed by atoms with van der Waals surface area (Å²) >= 11 is 0. The summed E-state index contributed by atoms with van der Waals surface area (Å²) in [7, 11) is 4.02. The Balaban J connectivity index is 2.57. The number of aromatic nitrogens is 2. The predicted octanol–water partition coefficient (Wildman–Crippen LogP) is 2.77. The minimum absolute atomic E-state index is 0.969. The molecule has 0 atom stereocenters. The lowest BCUT2D eigenvalue weighted by Gasteiger charge is -2.10. The topological polar surface area (TPSA) is 29.9 Å². The van der Waals surface area contributed by atoms with Crippen molar-refractivity contribution >= 4 is 0 Å². The molecule has 0 unspecified atom stereocenters. The molecule has 1 aromatic heterocycles. The minimum atomic E-state index is 0.969. The number of hydrogen-bond donors (Lipinski definition) is 1. The molecule has 2 aromatic rings. The van der Waals surface area contributed by atoms with Crippen molar-refractivity contribution in [2.45, 2.75) is 27.2 Å². The van der Waals surface area contributed by atoms with Crippen LogP contribution in [0.4, 0.5) is 0 Å². The van der Waals surface area contributed by atoms with Gasteiger partial charge in [-0.25, -0.2) is 0 Å². The SMILES string of the molecule is CNCCc1c(-c2cc(C)ccc2C)c(C)nn1C. The van der Waals surface area contributed by atoms with Gasteiger partial charge >= 0.3 is 0 Å². The molecule has 102 valence electrons. The second-order valence-electron chi connectivity index (χ2n) is 5.20. The molecule has 3 heteroatoms. The Bertz CT molecular complexity index is 582. The van der Waals surface area contributed by atoms with Gasteiger partial charge in [-0.1, -0.05) is 23.8 Å². The van der Waals surface area contributed by atoms with Crippen molar-refractivity contribution in [2.24, 2.45) is 7.05 Å². The van der Waals surface area contributed by atoms with Crippen molar-refractivity contribution < 1.29 is 0 Å². The molecule has 1 heterocycles. The van der Waals surface area contributed by atoms with E-state index in [1.807, 2.05) is 18.8 Å². The molecule has 3 nitrogen and oxygen atoms in total. The van der Waals surface area contributed by atoms with Gasteiger partial charge in [-0.2, -0.15) is 5.10 Å². The van der Waals surface area contributed by atoms with Gasteiger partial charge in [0.1, 0.15) is 0 Å². The van der Waals surface area contributed by atoms with E-state index in [2.05, 4.69) is 49.4 Å². The maximum absolute atomic E-state index is 4.60. The third-order valence-electron chi connectivity index (χ3n) is 3.62. The fourth-order valence-corrected chi connectivity index (χ4v) is 2.59. The second kappa shape index (κ2) is 5.57. The number of hydrogen-bond acceptors (Lipinski definition) is 2. The van der Waals surface area contributed by atoms with Crippen LogP contribution in [-0.4, -0.2) is 23.4 Å². The summed E-state index contributed by atoms with van der Waals surface area (Å²) in [5.41, 5.74) is 7.65. The third kappa shape index (κ3) is 2.71. The molecule has 2 rings (SSSR count). The van der Waals surface area contributed by atoms with Crippen molar-refractivity contribution in [3.63, 3.8) is 0 Å². The molecule has 0 fully saturated rings. The number of nitrogens with zero attached hydrogens (tertiary/aromatic N) is 2. The molecule has 0 saturated heterocycles. The lowest BCUT2D eigenvalue weighted by Crippen LogP contribution is -2.13. The summed E-state index contributed by atoms with van der Waals surface area (Å²) in [5.74, 6) is 0. The number of nitrogens with one attached hydrogen (secondary N) is 1. The Morgan fingerprint density at radius 3 is 2.63 bits per heavy atom. The van der Waals surface area contributed by atoms with Crippen LogP contribution in [0.5, 0.6) is 0 Å². The highest BCUT2D eigenvalue weighted by Gasteiger charge is 2.16. The zero-order chi connectivity index (χ0) is 14.0. The van der Waals surface area contributed by atoms with Crippen molar-refractivity contribution in [3.8, 4) is 11.1 Å². The van der Waals surface area contributed by atoms with Gasteiger partial charge in [0.05, 0.1) is 5.69 Å². The van der Waals surface area contributed by atoms with E-state index in [9.17, 15) is 0 Å². The first-order chi connectivity index (χ1) is 9.04. The molecule has 0 saturated carbocycles. The number of likely N-dealkylation sites (N-methyl/N-ethyl adjacent to an activating group) is 1. The molecule has 1 N–H and O–H groups in total. The summed E-state index contributed by atoms with van der Waals surface area (Å²) in [5, 5.41) is 7.82. The Hall–Kier alpha value is -1.61. The number of rotatable bonds is 4. The first-order valence-corrected chi connectivity index (χ1v) is 6.79. The van der Waals surface area contributed by atoms with Crippen molar-refractivity contribution in [1.29, 1.82) is 0 Å². The van der Waals surface area contributed by atoms with Gasteiger partial charge in [0.25, 0.3) is 0 Å². The van der Waals surface area contributed by atoms with E-state index in [1.54, 1.807) is 0 Å². The zero-order valence-corrected chi connectivity index (χ0v) is 12.5. The summed E-state index contributed by atoms with van der Waals surface area (Å²) in [4.78, 5) is 0. The van der Waals surface area contributed by atoms with Crippen LogP contribution in [0.3, 0.4) is 0 Å². The van der Waals surface area contributed by atoms with Crippen LogP contribution in [0.1, 0.15) is 22.5 Å². The predicted molar refractivity (Wildman–Crippen MR) is 80.5 cm³/mol. The average molecular weight is 257 g/mol. The van der Waals surface area contributed by atoms with E-state index in [0.29, 0.717) is 0 Å². The average Bonchev–Trinajstić information content (AvgIpc) is 2.64. The lowest BCUT2D eigenvalue weighted by atomic mass is 9.96. The summed E-state index contributed by atoms with van der Waals surface area (Å²) in [6.07, 6.45) is 0.997. The summed E-state index contributed by atoms with van der Waals surface area (Å²) in [6.45, 7) is 7.38. The summed E-state index contributed by atoms with van der Waals surface area (Å²) in [6, 6.07) is 6.62. The minimum Gasteiger partial charge on any atom is -0.319 e. The molecular weight excluding hydrogens is 234 g/mol. The molecule has 0 spiro atoms. The Morgan fingerprint density at radius 1 is 1.21 bits per heavy atom. The molecule has 1 aromatic carbocycles. The highest BCUT2D eigenvalue weighted by molar-refractivity contribution is 5.72. The van der Waals surface area contributed by atoms with Gasteiger partial charge in [-0.05, 0) is 38.9 Å². The Kier molecular flexibility index (Phi) is 4.05. The van der Waals surface area contributed by atoms with Gasteiger partial charge in [-0.3, -0.25) is 4.68 Å². The highest BCUT2D eigenvalue weighted by atomic mass is 15.3. The highest BCUT2D eigenvalue weighted by Crippen LogP contribution is 2.30. The van der Waals surface area contributed by atoms with E-state index >= 15 is 0 Å². The van der Waals surface area contributed by atoms with Gasteiger partial charge < -0.3 is 5.32 Å². The molecule has 0 aliphatic heterocycles. The fraction of sp³-hybridized carbons (Fsp3) is 0.438. The second-order valence-corrected chi connectivity index (χ2v) is 5.20. The van der Waals surface area contributed by atoms with Crippen LogP contribution in [0.2, 0.25) is 0 Å². The first-order valence-electron chi connectivity index (χ1n) is 6.79. The van der Waals surface area contributed by atoms with Crippen molar-refractivity contribution in [2.75, 3.05) is 13.6 Å². The molecule has 0 aliphatic rings. The fourth-order valence-electron chi connectivity index (χ4n) is 2.59. The normalized spacial score (nSPS) is 11.0. The molecular formula is C16H23N3. The van der Waals surface area contributed by atoms with Gasteiger partial charge in [0.2, 0.25) is 0 Å². The van der Waals surface area contributed by atoms with Gasteiger partial charge in [0, 0.05) is 31.3 Å². The quantitative estimate of drug-likeness (QED) is 0.912. The van der Waals surface area contributed by atoms with Crippen LogP contribution in [0.15, 0.2) is 18.2 Å². The van der Waals surface area contributed by atoms with E-state index in [-0.39, 0.29) is 0 Å². The van der Waals surface area contributed by atoms with Crippen molar-refractivity contribution in [1.82, 2.24) is 15.1 Å². The van der Waals surface area contributed by atoms with Crippen LogP contribution >= 0.6 is 0 Å². The van der Waals surface area contributed by atoms with Crippen LogP contribution in [0.25, 0.3) is 11.1 Å². The maximum atomic E-state index is 4.60. The maximum Gasteiger partial charge on any atom is 0.0675 e. The van der Waals surface area contributed by atoms with E-state index < -0.39 is 0 Å². The van der Waals surface area contributed by atoms with E-state index in [4.69, 9.17) is 0 Å². The smallest absolute Gasteiger partial charge is 0.0675 e. The standard InChI is InChI=1S/C16H23N3/c1-11-6-7-12(2)14(10-11)16-13(3)18-19(5)15(16)8-9-17-4/h6-7,10,17H,8-9H2,1-5H3. The molecule has 0 radical (unpaired) electrons. The zero-order valence-electron chi connectivity index (χ0n) is 12.5. The molecule has 19 heavy (non-hydrogen) atoms. The largest absolute Gasteiger partial charge is 0.319 e. The van der Waals surface area contributed by atoms with Crippen LogP contribution in [-0.2, 0) is 13.5 Å². The van der Waals surface area contributed by atoms with Crippen LogP contribution < -0.4 is 5.32 Å². The number of benzene rings is 1. The first kappa shape index (κ1) is 13.8. The third-order valence-corrected chi connectivity index (χ3v) is 3.62. The van der Waals surface area contributed by atoms with Gasteiger partial charge in [0.15, 0.2) is 0 Å². The lowest BCUT2D eigenvalue weighted by molar-refractivity contribution is 0.678. The van der Waals surface area contributed by atoms with Crippen LogP contribution in [0, 0.1) is 20.8 Å². The Morgan fingerprint density at radius 2 is 1.95 bits per heavy atom.